The molecule has 4 rings (SSSR count). The molecule has 4 heteroatoms. The number of carbonyl (C=O) groups is 1. The van der Waals surface area contributed by atoms with Gasteiger partial charge in [-0.3, -0.25) is 4.79 Å². The van der Waals surface area contributed by atoms with Gasteiger partial charge in [0.2, 0.25) is 5.91 Å². The Balaban J connectivity index is 1.30. The average molecular weight is 356 g/mol. The molecule has 27 heavy (non-hydrogen) atoms. The summed E-state index contributed by atoms with van der Waals surface area (Å²) < 4.78 is 5.74. The van der Waals surface area contributed by atoms with Crippen LogP contribution in [0.3, 0.4) is 0 Å². The molecule has 0 saturated carbocycles. The van der Waals surface area contributed by atoms with Gasteiger partial charge in [-0.2, -0.15) is 0 Å². The number of aryl methyl sites for hydroxylation is 1. The number of hydrogen-bond donors (Lipinski definition) is 1. The molecule has 0 radical (unpaired) electrons. The van der Waals surface area contributed by atoms with Crippen molar-refractivity contribution >= 4 is 16.7 Å². The minimum atomic E-state index is -0.0115. The van der Waals surface area contributed by atoms with Gasteiger partial charge in [0.25, 0.3) is 0 Å². The molecule has 0 fully saturated rings. The molecule has 0 unspecified atom stereocenters. The van der Waals surface area contributed by atoms with Crippen LogP contribution in [0.2, 0.25) is 0 Å². The van der Waals surface area contributed by atoms with Crippen LogP contribution in [0.5, 0.6) is 0 Å². The van der Waals surface area contributed by atoms with Crippen LogP contribution < -0.4 is 5.32 Å². The maximum atomic E-state index is 12.1. The highest BCUT2D eigenvalue weighted by molar-refractivity contribution is 5.83. The van der Waals surface area contributed by atoms with Crippen molar-refractivity contribution in [2.75, 3.05) is 0 Å². The van der Waals surface area contributed by atoms with E-state index in [0.717, 1.165) is 16.9 Å². The summed E-state index contributed by atoms with van der Waals surface area (Å²) in [5, 5.41) is 5.34. The molecule has 1 heterocycles. The van der Waals surface area contributed by atoms with E-state index in [-0.39, 0.29) is 5.91 Å². The number of hydrogen-bond acceptors (Lipinski definition) is 3. The number of aromatic nitrogens is 1. The van der Waals surface area contributed by atoms with Crippen molar-refractivity contribution < 1.29 is 9.21 Å². The SMILES string of the molecule is O=C(CCc1ncc(-c2ccccc2)o1)NCc1ccc2ccccc2c1. The molecule has 0 spiro atoms. The molecule has 0 atom stereocenters. The Bertz CT molecular complexity index is 1050. The predicted octanol–water partition coefficient (Wildman–Crippen LogP) is 4.74. The molecule has 0 aliphatic carbocycles. The zero-order chi connectivity index (χ0) is 18.5. The number of carbonyl (C=O) groups excluding carboxylic acids is 1. The highest BCUT2D eigenvalue weighted by atomic mass is 16.4. The van der Waals surface area contributed by atoms with Crippen molar-refractivity contribution in [3.8, 4) is 11.3 Å². The summed E-state index contributed by atoms with van der Waals surface area (Å²) in [7, 11) is 0. The fourth-order valence-corrected chi connectivity index (χ4v) is 3.02. The third-order valence-corrected chi connectivity index (χ3v) is 4.48. The smallest absolute Gasteiger partial charge is 0.220 e. The minimum Gasteiger partial charge on any atom is -0.441 e. The highest BCUT2D eigenvalue weighted by Gasteiger charge is 2.09. The molecule has 4 aromatic rings. The number of benzene rings is 3. The number of oxazole rings is 1. The largest absolute Gasteiger partial charge is 0.441 e. The molecule has 0 bridgehead atoms. The van der Waals surface area contributed by atoms with Crippen LogP contribution in [0.4, 0.5) is 0 Å². The number of nitrogens with zero attached hydrogens (tertiary/aromatic N) is 1. The van der Waals surface area contributed by atoms with E-state index in [0.29, 0.717) is 25.3 Å². The first-order valence-corrected chi connectivity index (χ1v) is 9.02. The number of rotatable bonds is 6. The zero-order valence-electron chi connectivity index (χ0n) is 14.9. The van der Waals surface area contributed by atoms with Gasteiger partial charge in [0.15, 0.2) is 11.7 Å². The monoisotopic (exact) mass is 356 g/mol. The van der Waals surface area contributed by atoms with Crippen LogP contribution in [-0.4, -0.2) is 10.9 Å². The summed E-state index contributed by atoms with van der Waals surface area (Å²) >= 11 is 0. The lowest BCUT2D eigenvalue weighted by atomic mass is 10.1. The quantitative estimate of drug-likeness (QED) is 0.543. The van der Waals surface area contributed by atoms with Gasteiger partial charge in [-0.1, -0.05) is 66.7 Å². The topological polar surface area (TPSA) is 55.1 Å². The van der Waals surface area contributed by atoms with Crippen molar-refractivity contribution in [2.24, 2.45) is 0 Å². The van der Waals surface area contributed by atoms with Crippen molar-refractivity contribution in [1.29, 1.82) is 0 Å². The fraction of sp³-hybridized carbons (Fsp3) is 0.130. The van der Waals surface area contributed by atoms with Crippen LogP contribution in [0.15, 0.2) is 83.4 Å². The maximum absolute atomic E-state index is 12.1. The van der Waals surface area contributed by atoms with Gasteiger partial charge in [0, 0.05) is 24.9 Å². The van der Waals surface area contributed by atoms with Crippen LogP contribution >= 0.6 is 0 Å². The molecule has 1 amide bonds. The first-order chi connectivity index (χ1) is 13.3. The number of fused-ring (bicyclic) bond motifs is 1. The summed E-state index contributed by atoms with van der Waals surface area (Å²) in [6.07, 6.45) is 2.54. The standard InChI is InChI=1S/C23H20N2O2/c26-22(24-15-17-10-11-18-6-4-5-9-20(18)14-17)12-13-23-25-16-21(27-23)19-7-2-1-3-8-19/h1-11,14,16H,12-13,15H2,(H,24,26). The van der Waals surface area contributed by atoms with Crippen LogP contribution in [0.25, 0.3) is 22.1 Å². The molecule has 134 valence electrons. The van der Waals surface area contributed by atoms with Gasteiger partial charge >= 0.3 is 0 Å². The second kappa shape index (κ2) is 7.87. The molecule has 4 nitrogen and oxygen atoms in total. The molecule has 1 N–H and O–H groups in total. The van der Waals surface area contributed by atoms with E-state index >= 15 is 0 Å². The zero-order valence-corrected chi connectivity index (χ0v) is 14.9. The summed E-state index contributed by atoms with van der Waals surface area (Å²) in [6.45, 7) is 0.518. The molecule has 0 aliphatic heterocycles. The first-order valence-electron chi connectivity index (χ1n) is 9.02. The normalized spacial score (nSPS) is 10.8. The fourth-order valence-electron chi connectivity index (χ4n) is 3.02. The highest BCUT2D eigenvalue weighted by Crippen LogP contribution is 2.20. The Kier molecular flexibility index (Phi) is 4.97. The summed E-state index contributed by atoms with van der Waals surface area (Å²) in [6, 6.07) is 24.2. The molecular weight excluding hydrogens is 336 g/mol. The van der Waals surface area contributed by atoms with Gasteiger partial charge in [0.05, 0.1) is 6.20 Å². The lowest BCUT2D eigenvalue weighted by Gasteiger charge is -2.06. The van der Waals surface area contributed by atoms with Crippen LogP contribution in [0, 0.1) is 0 Å². The van der Waals surface area contributed by atoms with Gasteiger partial charge in [-0.25, -0.2) is 4.98 Å². The van der Waals surface area contributed by atoms with Crippen molar-refractivity contribution in [3.63, 3.8) is 0 Å². The Hall–Kier alpha value is -3.40. The predicted molar refractivity (Wildman–Crippen MR) is 106 cm³/mol. The van der Waals surface area contributed by atoms with Crippen molar-refractivity contribution in [1.82, 2.24) is 10.3 Å². The Labute approximate surface area is 157 Å². The van der Waals surface area contributed by atoms with E-state index in [2.05, 4.69) is 34.6 Å². The molecule has 0 saturated heterocycles. The maximum Gasteiger partial charge on any atom is 0.220 e. The molecular formula is C23H20N2O2. The average Bonchev–Trinajstić information content (AvgIpc) is 3.20. The van der Waals surface area contributed by atoms with E-state index in [1.807, 2.05) is 48.5 Å². The summed E-state index contributed by atoms with van der Waals surface area (Å²) in [5.41, 5.74) is 2.07. The molecule has 1 aromatic heterocycles. The van der Waals surface area contributed by atoms with E-state index in [9.17, 15) is 4.79 Å². The van der Waals surface area contributed by atoms with Crippen LogP contribution in [-0.2, 0) is 17.8 Å². The third kappa shape index (κ3) is 4.23. The van der Waals surface area contributed by atoms with E-state index in [1.165, 1.54) is 10.8 Å². The van der Waals surface area contributed by atoms with Gasteiger partial charge in [-0.15, -0.1) is 0 Å². The number of amides is 1. The minimum absolute atomic E-state index is 0.0115. The van der Waals surface area contributed by atoms with E-state index in [4.69, 9.17) is 4.42 Å². The third-order valence-electron chi connectivity index (χ3n) is 4.48. The van der Waals surface area contributed by atoms with E-state index < -0.39 is 0 Å². The van der Waals surface area contributed by atoms with Crippen molar-refractivity contribution in [2.45, 2.75) is 19.4 Å². The second-order valence-electron chi connectivity index (χ2n) is 6.44. The van der Waals surface area contributed by atoms with Crippen LogP contribution in [0.1, 0.15) is 17.9 Å². The number of nitrogens with one attached hydrogen (secondary N) is 1. The lowest BCUT2D eigenvalue weighted by Crippen LogP contribution is -2.23. The molecule has 0 aliphatic rings. The summed E-state index contributed by atoms with van der Waals surface area (Å²) in [4.78, 5) is 16.4. The Morgan fingerprint density at radius 2 is 1.70 bits per heavy atom. The van der Waals surface area contributed by atoms with Gasteiger partial charge < -0.3 is 9.73 Å². The second-order valence-corrected chi connectivity index (χ2v) is 6.44. The lowest BCUT2D eigenvalue weighted by molar-refractivity contribution is -0.121. The van der Waals surface area contributed by atoms with E-state index in [1.54, 1.807) is 6.20 Å². The first kappa shape index (κ1) is 17.0. The Morgan fingerprint density at radius 3 is 2.56 bits per heavy atom. The van der Waals surface area contributed by atoms with Gasteiger partial charge in [0.1, 0.15) is 0 Å². The summed E-state index contributed by atoms with van der Waals surface area (Å²) in [5.74, 6) is 1.29. The van der Waals surface area contributed by atoms with Gasteiger partial charge in [-0.05, 0) is 22.4 Å². The molecule has 3 aromatic carbocycles. The Morgan fingerprint density at radius 1 is 0.926 bits per heavy atom. The van der Waals surface area contributed by atoms with Crippen molar-refractivity contribution in [3.05, 3.63) is 90.4 Å².